The highest BCUT2D eigenvalue weighted by Gasteiger charge is 2.24. The van der Waals surface area contributed by atoms with Crippen molar-refractivity contribution < 1.29 is 8.91 Å². The molecule has 0 N–H and O–H groups in total. The average Bonchev–Trinajstić information content (AvgIpc) is 2.89. The Balaban J connectivity index is 1.54. The Bertz CT molecular complexity index is 559. The summed E-state index contributed by atoms with van der Waals surface area (Å²) in [7, 11) is 0. The molecule has 0 atom stereocenters. The summed E-state index contributed by atoms with van der Waals surface area (Å²) < 4.78 is 17.9. The van der Waals surface area contributed by atoms with Crippen LogP contribution in [-0.2, 0) is 6.54 Å². The Hall–Kier alpha value is -1.75. The van der Waals surface area contributed by atoms with Crippen molar-refractivity contribution in [2.45, 2.75) is 32.2 Å². The smallest absolute Gasteiger partial charge is 0.223 e. The van der Waals surface area contributed by atoms with Gasteiger partial charge in [0, 0.05) is 19.4 Å². The van der Waals surface area contributed by atoms with Crippen molar-refractivity contribution in [3.8, 4) is 0 Å². The van der Waals surface area contributed by atoms with Gasteiger partial charge in [0.1, 0.15) is 5.82 Å². The maximum atomic E-state index is 12.9. The summed E-state index contributed by atoms with van der Waals surface area (Å²) in [4.78, 5) is 6.70. The fourth-order valence-corrected chi connectivity index (χ4v) is 2.68. The molecule has 1 aliphatic heterocycles. The Morgan fingerprint density at radius 3 is 2.55 bits per heavy atom. The number of benzene rings is 1. The van der Waals surface area contributed by atoms with Crippen LogP contribution in [0.25, 0.3) is 0 Å². The molecule has 1 fully saturated rings. The molecule has 0 bridgehead atoms. The van der Waals surface area contributed by atoms with Crippen LogP contribution in [0.1, 0.15) is 36.0 Å². The van der Waals surface area contributed by atoms with Crippen LogP contribution in [0.5, 0.6) is 0 Å². The molecule has 20 heavy (non-hydrogen) atoms. The lowest BCUT2D eigenvalue weighted by atomic mass is 9.96. The Morgan fingerprint density at radius 1 is 1.25 bits per heavy atom. The van der Waals surface area contributed by atoms with Crippen LogP contribution in [-0.4, -0.2) is 28.1 Å². The van der Waals surface area contributed by atoms with E-state index in [4.69, 9.17) is 4.52 Å². The predicted molar refractivity (Wildman–Crippen MR) is 72.7 cm³/mol. The molecule has 0 unspecified atom stereocenters. The molecule has 2 aromatic rings. The van der Waals surface area contributed by atoms with Gasteiger partial charge in [0.05, 0.1) is 0 Å². The Kier molecular flexibility index (Phi) is 3.78. The molecule has 2 heterocycles. The van der Waals surface area contributed by atoms with Gasteiger partial charge in [-0.25, -0.2) is 4.39 Å². The van der Waals surface area contributed by atoms with E-state index in [9.17, 15) is 4.39 Å². The van der Waals surface area contributed by atoms with E-state index in [1.165, 1.54) is 12.1 Å². The molecule has 0 aliphatic carbocycles. The van der Waals surface area contributed by atoms with Gasteiger partial charge in [-0.05, 0) is 43.6 Å². The summed E-state index contributed by atoms with van der Waals surface area (Å²) in [5, 5.41) is 4.01. The van der Waals surface area contributed by atoms with Crippen molar-refractivity contribution in [1.29, 1.82) is 0 Å². The van der Waals surface area contributed by atoms with Gasteiger partial charge in [0.2, 0.25) is 5.89 Å². The Morgan fingerprint density at radius 2 is 1.95 bits per heavy atom. The van der Waals surface area contributed by atoms with E-state index in [-0.39, 0.29) is 5.82 Å². The van der Waals surface area contributed by atoms with Crippen LogP contribution in [0, 0.1) is 12.7 Å². The van der Waals surface area contributed by atoms with Gasteiger partial charge in [0.15, 0.2) is 5.82 Å². The van der Waals surface area contributed by atoms with E-state index in [1.807, 2.05) is 19.1 Å². The molecule has 1 aromatic heterocycles. The van der Waals surface area contributed by atoms with Crippen molar-refractivity contribution >= 4 is 0 Å². The number of aryl methyl sites for hydroxylation is 1. The molecule has 0 spiro atoms. The first-order valence-electron chi connectivity index (χ1n) is 6.98. The second-order valence-electron chi connectivity index (χ2n) is 5.35. The van der Waals surface area contributed by atoms with Crippen LogP contribution < -0.4 is 0 Å². The van der Waals surface area contributed by atoms with Crippen molar-refractivity contribution in [3.05, 3.63) is 47.4 Å². The van der Waals surface area contributed by atoms with Gasteiger partial charge >= 0.3 is 0 Å². The maximum Gasteiger partial charge on any atom is 0.223 e. The summed E-state index contributed by atoms with van der Waals surface area (Å²) in [6, 6.07) is 6.74. The van der Waals surface area contributed by atoms with E-state index >= 15 is 0 Å². The van der Waals surface area contributed by atoms with Crippen molar-refractivity contribution in [2.24, 2.45) is 0 Å². The second kappa shape index (κ2) is 5.71. The zero-order valence-corrected chi connectivity index (χ0v) is 11.6. The average molecular weight is 275 g/mol. The van der Waals surface area contributed by atoms with E-state index in [2.05, 4.69) is 15.0 Å². The SMILES string of the molecule is Cc1nc(C2CCN(Cc3ccc(F)cc3)CC2)no1. The standard InChI is InChI=1S/C15H18FN3O/c1-11-17-15(18-20-11)13-6-8-19(9-7-13)10-12-2-4-14(16)5-3-12/h2-5,13H,6-10H2,1H3. The number of likely N-dealkylation sites (tertiary alicyclic amines) is 1. The van der Waals surface area contributed by atoms with Gasteiger partial charge in [-0.1, -0.05) is 17.3 Å². The predicted octanol–water partition coefficient (Wildman–Crippen LogP) is 2.90. The number of nitrogens with zero attached hydrogens (tertiary/aromatic N) is 3. The van der Waals surface area contributed by atoms with Crippen molar-refractivity contribution in [3.63, 3.8) is 0 Å². The Labute approximate surface area is 117 Å². The summed E-state index contributed by atoms with van der Waals surface area (Å²) in [6.45, 7) is 4.71. The molecular formula is C15H18FN3O. The van der Waals surface area contributed by atoms with E-state index in [1.54, 1.807) is 0 Å². The number of hydrogen-bond donors (Lipinski definition) is 0. The van der Waals surface area contributed by atoms with Crippen LogP contribution >= 0.6 is 0 Å². The number of halogens is 1. The van der Waals surface area contributed by atoms with Gasteiger partial charge in [0.25, 0.3) is 0 Å². The van der Waals surface area contributed by atoms with Crippen LogP contribution in [0.2, 0.25) is 0 Å². The number of piperidine rings is 1. The quantitative estimate of drug-likeness (QED) is 0.863. The molecule has 0 amide bonds. The first-order valence-corrected chi connectivity index (χ1v) is 6.98. The fourth-order valence-electron chi connectivity index (χ4n) is 2.68. The lowest BCUT2D eigenvalue weighted by Crippen LogP contribution is -2.32. The summed E-state index contributed by atoms with van der Waals surface area (Å²) in [5.74, 6) is 1.69. The lowest BCUT2D eigenvalue weighted by Gasteiger charge is -2.30. The van der Waals surface area contributed by atoms with E-state index in [0.29, 0.717) is 11.8 Å². The highest BCUT2D eigenvalue weighted by atomic mass is 19.1. The van der Waals surface area contributed by atoms with Crippen LogP contribution in [0.3, 0.4) is 0 Å². The van der Waals surface area contributed by atoms with Gasteiger partial charge < -0.3 is 4.52 Å². The molecule has 1 aromatic carbocycles. The highest BCUT2D eigenvalue weighted by molar-refractivity contribution is 5.16. The summed E-state index contributed by atoms with van der Waals surface area (Å²) in [6.07, 6.45) is 2.08. The minimum absolute atomic E-state index is 0.181. The molecule has 3 rings (SSSR count). The molecule has 5 heteroatoms. The highest BCUT2D eigenvalue weighted by Crippen LogP contribution is 2.26. The zero-order valence-electron chi connectivity index (χ0n) is 11.6. The molecule has 106 valence electrons. The monoisotopic (exact) mass is 275 g/mol. The van der Waals surface area contributed by atoms with E-state index in [0.717, 1.165) is 43.9 Å². The molecule has 0 saturated carbocycles. The lowest BCUT2D eigenvalue weighted by molar-refractivity contribution is 0.200. The minimum Gasteiger partial charge on any atom is -0.340 e. The minimum atomic E-state index is -0.181. The van der Waals surface area contributed by atoms with Gasteiger partial charge in [-0.2, -0.15) is 4.98 Å². The topological polar surface area (TPSA) is 42.2 Å². The van der Waals surface area contributed by atoms with Crippen molar-refractivity contribution in [1.82, 2.24) is 15.0 Å². The number of aromatic nitrogens is 2. The first-order chi connectivity index (χ1) is 9.70. The van der Waals surface area contributed by atoms with E-state index < -0.39 is 0 Å². The largest absolute Gasteiger partial charge is 0.340 e. The maximum absolute atomic E-state index is 12.9. The summed E-state index contributed by atoms with van der Waals surface area (Å²) in [5.41, 5.74) is 1.15. The molecule has 0 radical (unpaired) electrons. The first kappa shape index (κ1) is 13.2. The molecule has 1 aliphatic rings. The third-order valence-electron chi connectivity index (χ3n) is 3.82. The normalized spacial score (nSPS) is 17.5. The third kappa shape index (κ3) is 3.04. The van der Waals surface area contributed by atoms with Gasteiger partial charge in [-0.15, -0.1) is 0 Å². The molecule has 1 saturated heterocycles. The third-order valence-corrected chi connectivity index (χ3v) is 3.82. The molecular weight excluding hydrogens is 257 g/mol. The summed E-state index contributed by atoms with van der Waals surface area (Å²) >= 11 is 0. The van der Waals surface area contributed by atoms with Crippen molar-refractivity contribution in [2.75, 3.05) is 13.1 Å². The fraction of sp³-hybridized carbons (Fsp3) is 0.467. The number of rotatable bonds is 3. The van der Waals surface area contributed by atoms with Gasteiger partial charge in [-0.3, -0.25) is 4.90 Å². The van der Waals surface area contributed by atoms with Crippen LogP contribution in [0.15, 0.2) is 28.8 Å². The zero-order chi connectivity index (χ0) is 13.9. The molecule has 4 nitrogen and oxygen atoms in total. The second-order valence-corrected chi connectivity index (χ2v) is 5.35. The van der Waals surface area contributed by atoms with Crippen LogP contribution in [0.4, 0.5) is 4.39 Å². The number of hydrogen-bond acceptors (Lipinski definition) is 4.